The molecular formula is C13H13NO3. The Morgan fingerprint density at radius 3 is 3.18 bits per heavy atom. The molecule has 4 nitrogen and oxygen atoms in total. The molecule has 0 bridgehead atoms. The van der Waals surface area contributed by atoms with Crippen molar-refractivity contribution in [2.75, 3.05) is 13.2 Å². The maximum Gasteiger partial charge on any atom is 0.325 e. The zero-order chi connectivity index (χ0) is 12.3. The molecule has 1 atom stereocenters. The Balaban J connectivity index is 2.24. The fraction of sp³-hybridized carbons (Fsp3) is 0.308. The molecule has 0 aromatic heterocycles. The first-order valence-electron chi connectivity index (χ1n) is 5.37. The van der Waals surface area contributed by atoms with Gasteiger partial charge < -0.3 is 9.84 Å². The number of nitrogens with one attached hydrogen (secondary N) is 1. The molecule has 0 spiro atoms. The van der Waals surface area contributed by atoms with Crippen molar-refractivity contribution in [3.63, 3.8) is 0 Å². The number of aliphatic carboxylic acids is 1. The second-order valence-electron chi connectivity index (χ2n) is 3.82. The van der Waals surface area contributed by atoms with Crippen molar-refractivity contribution in [2.24, 2.45) is 0 Å². The van der Waals surface area contributed by atoms with Crippen LogP contribution in [-0.4, -0.2) is 24.2 Å². The highest BCUT2D eigenvalue weighted by atomic mass is 16.5. The summed E-state index contributed by atoms with van der Waals surface area (Å²) >= 11 is 0. The standard InChI is InChI=1S/C13H13NO3/c1-2-6-14-12(13(15)16)10-3-4-11-9(8-10)5-7-17-11/h1,3-4,8,12,14H,5-7H2,(H,15,16). The van der Waals surface area contributed by atoms with Crippen LogP contribution >= 0.6 is 0 Å². The van der Waals surface area contributed by atoms with E-state index in [0.717, 1.165) is 17.7 Å². The van der Waals surface area contributed by atoms with Crippen LogP contribution in [0.1, 0.15) is 17.2 Å². The number of carboxylic acids is 1. The van der Waals surface area contributed by atoms with Crippen molar-refractivity contribution < 1.29 is 14.6 Å². The topological polar surface area (TPSA) is 58.6 Å². The molecule has 1 aromatic rings. The molecular weight excluding hydrogens is 218 g/mol. The van der Waals surface area contributed by atoms with Gasteiger partial charge in [0, 0.05) is 6.42 Å². The maximum absolute atomic E-state index is 11.1. The average Bonchev–Trinajstić information content (AvgIpc) is 2.76. The molecule has 1 aromatic carbocycles. The molecule has 0 fully saturated rings. The zero-order valence-electron chi connectivity index (χ0n) is 9.27. The maximum atomic E-state index is 11.1. The smallest absolute Gasteiger partial charge is 0.325 e. The normalized spacial score (nSPS) is 14.5. The summed E-state index contributed by atoms with van der Waals surface area (Å²) in [4.78, 5) is 11.1. The van der Waals surface area contributed by atoms with Gasteiger partial charge >= 0.3 is 5.97 Å². The minimum Gasteiger partial charge on any atom is -0.493 e. The number of fused-ring (bicyclic) bond motifs is 1. The lowest BCUT2D eigenvalue weighted by Gasteiger charge is -2.13. The summed E-state index contributed by atoms with van der Waals surface area (Å²) in [5.74, 6) is 2.29. The molecule has 1 heterocycles. The van der Waals surface area contributed by atoms with Gasteiger partial charge in [0.2, 0.25) is 0 Å². The molecule has 0 aliphatic carbocycles. The highest BCUT2D eigenvalue weighted by molar-refractivity contribution is 5.75. The van der Waals surface area contributed by atoms with Crippen LogP contribution < -0.4 is 10.1 Å². The Hall–Kier alpha value is -1.99. The molecule has 1 aliphatic rings. The van der Waals surface area contributed by atoms with E-state index in [0.29, 0.717) is 12.2 Å². The molecule has 1 aliphatic heterocycles. The van der Waals surface area contributed by atoms with Crippen molar-refractivity contribution in [1.82, 2.24) is 5.32 Å². The summed E-state index contributed by atoms with van der Waals surface area (Å²) in [5, 5.41) is 11.9. The van der Waals surface area contributed by atoms with Gasteiger partial charge in [0.15, 0.2) is 0 Å². The third kappa shape index (κ3) is 2.40. The fourth-order valence-electron chi connectivity index (χ4n) is 1.89. The quantitative estimate of drug-likeness (QED) is 0.758. The van der Waals surface area contributed by atoms with E-state index in [-0.39, 0.29) is 6.54 Å². The van der Waals surface area contributed by atoms with E-state index in [9.17, 15) is 4.79 Å². The highest BCUT2D eigenvalue weighted by Crippen LogP contribution is 2.28. The Kier molecular flexibility index (Phi) is 3.31. The number of terminal acetylenes is 1. The molecule has 0 saturated heterocycles. The third-order valence-corrected chi connectivity index (χ3v) is 2.70. The van der Waals surface area contributed by atoms with Crippen molar-refractivity contribution in [1.29, 1.82) is 0 Å². The van der Waals surface area contributed by atoms with Crippen LogP contribution in [0, 0.1) is 12.3 Å². The second-order valence-corrected chi connectivity index (χ2v) is 3.82. The molecule has 0 amide bonds. The largest absolute Gasteiger partial charge is 0.493 e. The second kappa shape index (κ2) is 4.89. The van der Waals surface area contributed by atoms with Crippen molar-refractivity contribution in [3.8, 4) is 18.1 Å². The molecule has 17 heavy (non-hydrogen) atoms. The van der Waals surface area contributed by atoms with Gasteiger partial charge in [0.25, 0.3) is 0 Å². The van der Waals surface area contributed by atoms with Gasteiger partial charge in [-0.1, -0.05) is 12.0 Å². The van der Waals surface area contributed by atoms with Crippen molar-refractivity contribution >= 4 is 5.97 Å². The minimum absolute atomic E-state index is 0.227. The van der Waals surface area contributed by atoms with E-state index in [2.05, 4.69) is 11.2 Å². The molecule has 4 heteroatoms. The Morgan fingerprint density at radius 2 is 2.47 bits per heavy atom. The molecule has 1 unspecified atom stereocenters. The third-order valence-electron chi connectivity index (χ3n) is 2.70. The number of carbonyl (C=O) groups is 1. The van der Waals surface area contributed by atoms with Crippen LogP contribution in [0.2, 0.25) is 0 Å². The Labute approximate surface area is 99.6 Å². The first kappa shape index (κ1) is 11.5. The lowest BCUT2D eigenvalue weighted by molar-refractivity contribution is -0.139. The summed E-state index contributed by atoms with van der Waals surface area (Å²) in [6.45, 7) is 0.888. The van der Waals surface area contributed by atoms with Crippen molar-refractivity contribution in [3.05, 3.63) is 29.3 Å². The van der Waals surface area contributed by atoms with Crippen molar-refractivity contribution in [2.45, 2.75) is 12.5 Å². The van der Waals surface area contributed by atoms with E-state index in [1.165, 1.54) is 0 Å². The fourth-order valence-corrected chi connectivity index (χ4v) is 1.89. The van der Waals surface area contributed by atoms with Crippen LogP contribution in [0.15, 0.2) is 18.2 Å². The number of ether oxygens (including phenoxy) is 1. The highest BCUT2D eigenvalue weighted by Gasteiger charge is 2.21. The zero-order valence-corrected chi connectivity index (χ0v) is 9.27. The van der Waals surface area contributed by atoms with Crippen LogP contribution in [0.4, 0.5) is 0 Å². The molecule has 2 N–H and O–H groups in total. The number of hydrogen-bond donors (Lipinski definition) is 2. The summed E-state index contributed by atoms with van der Waals surface area (Å²) < 4.78 is 5.37. The molecule has 0 radical (unpaired) electrons. The SMILES string of the molecule is C#CCNC(C(=O)O)c1ccc2c(c1)CCO2. The Bertz CT molecular complexity index is 476. The predicted molar refractivity (Wildman–Crippen MR) is 62.9 cm³/mol. The average molecular weight is 231 g/mol. The lowest BCUT2D eigenvalue weighted by atomic mass is 10.0. The monoisotopic (exact) mass is 231 g/mol. The molecule has 2 rings (SSSR count). The van der Waals surface area contributed by atoms with Crippen LogP contribution in [-0.2, 0) is 11.2 Å². The summed E-state index contributed by atoms with van der Waals surface area (Å²) in [6, 6.07) is 4.67. The van der Waals surface area contributed by atoms with Gasteiger partial charge in [0.1, 0.15) is 11.8 Å². The van der Waals surface area contributed by atoms with E-state index < -0.39 is 12.0 Å². The van der Waals surface area contributed by atoms with Crippen LogP contribution in [0.25, 0.3) is 0 Å². The summed E-state index contributed by atoms with van der Waals surface area (Å²) in [7, 11) is 0. The van der Waals surface area contributed by atoms with E-state index in [4.69, 9.17) is 16.3 Å². The van der Waals surface area contributed by atoms with Gasteiger partial charge in [-0.05, 0) is 23.3 Å². The van der Waals surface area contributed by atoms with Gasteiger partial charge in [0.05, 0.1) is 13.2 Å². The summed E-state index contributed by atoms with van der Waals surface area (Å²) in [5.41, 5.74) is 1.76. The first-order valence-corrected chi connectivity index (χ1v) is 5.37. The number of rotatable bonds is 4. The summed E-state index contributed by atoms with van der Waals surface area (Å²) in [6.07, 6.45) is 5.94. The van der Waals surface area contributed by atoms with E-state index >= 15 is 0 Å². The van der Waals surface area contributed by atoms with Gasteiger partial charge in [-0.25, -0.2) is 0 Å². The van der Waals surface area contributed by atoms with Gasteiger partial charge in [-0.2, -0.15) is 0 Å². The number of benzene rings is 1. The van der Waals surface area contributed by atoms with E-state index in [1.54, 1.807) is 6.07 Å². The molecule has 88 valence electrons. The van der Waals surface area contributed by atoms with Crippen LogP contribution in [0.5, 0.6) is 5.75 Å². The van der Waals surface area contributed by atoms with Gasteiger partial charge in [-0.3, -0.25) is 10.1 Å². The number of carboxylic acid groups (broad SMARTS) is 1. The van der Waals surface area contributed by atoms with Crippen LogP contribution in [0.3, 0.4) is 0 Å². The predicted octanol–water partition coefficient (Wildman–Crippen LogP) is 0.970. The first-order chi connectivity index (χ1) is 8.22. The number of hydrogen-bond acceptors (Lipinski definition) is 3. The lowest BCUT2D eigenvalue weighted by Crippen LogP contribution is -2.28. The molecule has 0 saturated carbocycles. The minimum atomic E-state index is -0.931. The van der Waals surface area contributed by atoms with Gasteiger partial charge in [-0.15, -0.1) is 6.42 Å². The van der Waals surface area contributed by atoms with E-state index in [1.807, 2.05) is 12.1 Å². The Morgan fingerprint density at radius 1 is 1.65 bits per heavy atom.